The van der Waals surface area contributed by atoms with E-state index in [1.54, 1.807) is 17.4 Å². The molecule has 0 radical (unpaired) electrons. The van der Waals surface area contributed by atoms with Crippen molar-refractivity contribution in [2.45, 2.75) is 44.2 Å². The predicted octanol–water partition coefficient (Wildman–Crippen LogP) is 3.33. The van der Waals surface area contributed by atoms with Crippen LogP contribution in [0.1, 0.15) is 37.0 Å². The predicted molar refractivity (Wildman–Crippen MR) is 82.1 cm³/mol. The first-order chi connectivity index (χ1) is 9.15. The van der Waals surface area contributed by atoms with E-state index in [0.29, 0.717) is 0 Å². The molecule has 3 nitrogen and oxygen atoms in total. The summed E-state index contributed by atoms with van der Waals surface area (Å²) in [6.07, 6.45) is 7.84. The number of rotatable bonds is 3. The van der Waals surface area contributed by atoms with Crippen molar-refractivity contribution >= 4 is 39.2 Å². The maximum atomic E-state index is 11.8. The lowest BCUT2D eigenvalue weighted by molar-refractivity contribution is -0.118. The van der Waals surface area contributed by atoms with Gasteiger partial charge in [-0.1, -0.05) is 19.3 Å². The number of nitrogens with one attached hydrogen (secondary N) is 1. The molecule has 2 N–H and O–H groups in total. The zero-order valence-corrected chi connectivity index (χ0v) is 13.0. The second kappa shape index (κ2) is 7.22. The molecule has 1 aromatic rings. The minimum absolute atomic E-state index is 0.102. The molecule has 1 saturated carbocycles. The molecule has 0 saturated heterocycles. The molecule has 0 bridgehead atoms. The Bertz CT molecular complexity index is 458. The van der Waals surface area contributed by atoms with Crippen LogP contribution in [0, 0.1) is 0 Å². The number of thiophene rings is 1. The van der Waals surface area contributed by atoms with Gasteiger partial charge in [0.25, 0.3) is 0 Å². The van der Waals surface area contributed by atoms with Crippen molar-refractivity contribution in [3.8, 4) is 0 Å². The van der Waals surface area contributed by atoms with Gasteiger partial charge in [0.05, 0.1) is 15.9 Å². The van der Waals surface area contributed by atoms with E-state index in [9.17, 15) is 9.90 Å². The van der Waals surface area contributed by atoms with Crippen molar-refractivity contribution in [3.05, 3.63) is 26.9 Å². The second-order valence-electron chi connectivity index (χ2n) is 4.80. The maximum Gasteiger partial charge on any atom is 0.244 e. The molecule has 1 heterocycles. The number of aliphatic hydroxyl groups excluding tert-OH is 1. The van der Waals surface area contributed by atoms with Crippen LogP contribution in [0.3, 0.4) is 0 Å². The molecule has 1 fully saturated rings. The van der Waals surface area contributed by atoms with Crippen LogP contribution in [0.5, 0.6) is 0 Å². The maximum absolute atomic E-state index is 11.8. The van der Waals surface area contributed by atoms with Gasteiger partial charge in [-0.15, -0.1) is 11.3 Å². The summed E-state index contributed by atoms with van der Waals surface area (Å²) < 4.78 is 1.05. The summed E-state index contributed by atoms with van der Waals surface area (Å²) in [7, 11) is 0. The Morgan fingerprint density at radius 2 is 2.16 bits per heavy atom. The minimum Gasteiger partial charge on any atom is -0.391 e. The third kappa shape index (κ3) is 4.75. The average Bonchev–Trinajstić information content (AvgIpc) is 2.69. The van der Waals surface area contributed by atoms with Gasteiger partial charge in [-0.3, -0.25) is 4.79 Å². The number of carbonyl (C=O) groups is 1. The Morgan fingerprint density at radius 1 is 1.37 bits per heavy atom. The van der Waals surface area contributed by atoms with Crippen LogP contribution in [-0.4, -0.2) is 23.2 Å². The molecule has 1 aliphatic rings. The van der Waals surface area contributed by atoms with E-state index in [-0.39, 0.29) is 11.9 Å². The highest BCUT2D eigenvalue weighted by molar-refractivity contribution is 9.11. The van der Waals surface area contributed by atoms with Crippen LogP contribution in [0.25, 0.3) is 6.08 Å². The first kappa shape index (κ1) is 14.8. The third-order valence-corrected chi connectivity index (χ3v) is 4.89. The molecule has 1 amide bonds. The fourth-order valence-electron chi connectivity index (χ4n) is 2.26. The SMILES string of the molecule is O=C(/C=C/c1ccc(Br)s1)NC1CCCCCC1O. The van der Waals surface area contributed by atoms with Gasteiger partial charge < -0.3 is 10.4 Å². The lowest BCUT2D eigenvalue weighted by Crippen LogP contribution is -2.41. The van der Waals surface area contributed by atoms with Crippen LogP contribution >= 0.6 is 27.3 Å². The number of aliphatic hydroxyl groups is 1. The van der Waals surface area contributed by atoms with E-state index in [1.165, 1.54) is 6.08 Å². The quantitative estimate of drug-likeness (QED) is 0.653. The molecule has 5 heteroatoms. The Kier molecular flexibility index (Phi) is 5.60. The molecule has 104 valence electrons. The topological polar surface area (TPSA) is 49.3 Å². The van der Waals surface area contributed by atoms with Crippen molar-refractivity contribution in [3.63, 3.8) is 0 Å². The summed E-state index contributed by atoms with van der Waals surface area (Å²) in [5.41, 5.74) is 0. The second-order valence-corrected chi connectivity index (χ2v) is 7.29. The van der Waals surface area contributed by atoms with E-state index in [1.807, 2.05) is 12.1 Å². The summed E-state index contributed by atoms with van der Waals surface area (Å²) in [4.78, 5) is 12.9. The van der Waals surface area contributed by atoms with E-state index >= 15 is 0 Å². The van der Waals surface area contributed by atoms with Crippen molar-refractivity contribution in [1.82, 2.24) is 5.32 Å². The highest BCUT2D eigenvalue weighted by Gasteiger charge is 2.22. The van der Waals surface area contributed by atoms with Gasteiger partial charge in [-0.05, 0) is 47.0 Å². The number of carbonyl (C=O) groups excluding carboxylic acids is 1. The van der Waals surface area contributed by atoms with Crippen LogP contribution in [0.4, 0.5) is 0 Å². The molecule has 0 aliphatic heterocycles. The van der Waals surface area contributed by atoms with E-state index in [4.69, 9.17) is 0 Å². The summed E-state index contributed by atoms with van der Waals surface area (Å²) in [6, 6.07) is 3.81. The van der Waals surface area contributed by atoms with E-state index < -0.39 is 6.10 Å². The fourth-order valence-corrected chi connectivity index (χ4v) is 3.59. The fraction of sp³-hybridized carbons (Fsp3) is 0.500. The zero-order chi connectivity index (χ0) is 13.7. The molecule has 2 unspecified atom stereocenters. The summed E-state index contributed by atoms with van der Waals surface area (Å²) in [5.74, 6) is -0.129. The van der Waals surface area contributed by atoms with Gasteiger partial charge in [-0.2, -0.15) is 0 Å². The van der Waals surface area contributed by atoms with E-state index in [0.717, 1.165) is 40.8 Å². The van der Waals surface area contributed by atoms with Gasteiger partial charge in [0.2, 0.25) is 5.91 Å². The zero-order valence-electron chi connectivity index (χ0n) is 10.6. The molecule has 2 rings (SSSR count). The molecule has 2 atom stereocenters. The van der Waals surface area contributed by atoms with Crippen LogP contribution < -0.4 is 5.32 Å². The number of amides is 1. The van der Waals surface area contributed by atoms with Gasteiger partial charge in [0, 0.05) is 11.0 Å². The largest absolute Gasteiger partial charge is 0.391 e. The van der Waals surface area contributed by atoms with Crippen molar-refractivity contribution < 1.29 is 9.90 Å². The van der Waals surface area contributed by atoms with Gasteiger partial charge in [0.15, 0.2) is 0 Å². The Balaban J connectivity index is 1.87. The smallest absolute Gasteiger partial charge is 0.244 e. The monoisotopic (exact) mass is 343 g/mol. The lowest BCUT2D eigenvalue weighted by Gasteiger charge is -2.20. The van der Waals surface area contributed by atoms with E-state index in [2.05, 4.69) is 21.2 Å². The van der Waals surface area contributed by atoms with Gasteiger partial charge in [0.1, 0.15) is 0 Å². The molecule has 1 aliphatic carbocycles. The molecular formula is C14H18BrNO2S. The molecule has 0 spiro atoms. The lowest BCUT2D eigenvalue weighted by atomic mass is 10.1. The molecular weight excluding hydrogens is 326 g/mol. The number of halogens is 1. The van der Waals surface area contributed by atoms with Crippen LogP contribution in [0.15, 0.2) is 22.0 Å². The van der Waals surface area contributed by atoms with Crippen molar-refractivity contribution in [1.29, 1.82) is 0 Å². The Morgan fingerprint density at radius 3 is 2.89 bits per heavy atom. The summed E-state index contributed by atoms with van der Waals surface area (Å²) in [6.45, 7) is 0. The first-order valence-corrected chi connectivity index (χ1v) is 8.18. The summed E-state index contributed by atoms with van der Waals surface area (Å²) >= 11 is 4.97. The Labute approximate surface area is 125 Å². The first-order valence-electron chi connectivity index (χ1n) is 6.57. The van der Waals surface area contributed by atoms with Gasteiger partial charge in [-0.25, -0.2) is 0 Å². The van der Waals surface area contributed by atoms with Crippen LogP contribution in [-0.2, 0) is 4.79 Å². The standard InChI is InChI=1S/C14H18BrNO2S/c15-13-8-6-10(19-13)7-9-14(18)16-11-4-2-1-3-5-12(11)17/h6-9,11-12,17H,1-5H2,(H,16,18)/b9-7+. The number of hydrogen-bond donors (Lipinski definition) is 2. The average molecular weight is 344 g/mol. The van der Waals surface area contributed by atoms with Crippen molar-refractivity contribution in [2.24, 2.45) is 0 Å². The van der Waals surface area contributed by atoms with Gasteiger partial charge >= 0.3 is 0 Å². The third-order valence-electron chi connectivity index (χ3n) is 3.30. The molecule has 0 aromatic carbocycles. The molecule has 1 aromatic heterocycles. The normalized spacial score (nSPS) is 24.3. The highest BCUT2D eigenvalue weighted by Crippen LogP contribution is 2.23. The highest BCUT2D eigenvalue weighted by atomic mass is 79.9. The minimum atomic E-state index is -0.407. The Hall–Kier alpha value is -0.650. The number of hydrogen-bond acceptors (Lipinski definition) is 3. The van der Waals surface area contributed by atoms with Crippen LogP contribution in [0.2, 0.25) is 0 Å². The summed E-state index contributed by atoms with van der Waals surface area (Å²) in [5, 5.41) is 12.8. The molecule has 19 heavy (non-hydrogen) atoms. The van der Waals surface area contributed by atoms with Crippen molar-refractivity contribution in [2.75, 3.05) is 0 Å².